The van der Waals surface area contributed by atoms with Crippen molar-refractivity contribution in [2.45, 2.75) is 26.4 Å². The molecule has 1 aromatic carbocycles. The van der Waals surface area contributed by atoms with Crippen molar-refractivity contribution in [1.29, 1.82) is 0 Å². The van der Waals surface area contributed by atoms with Gasteiger partial charge in [0.15, 0.2) is 0 Å². The monoisotopic (exact) mass is 246 g/mol. The summed E-state index contributed by atoms with van der Waals surface area (Å²) >= 11 is 0. The minimum Gasteiger partial charge on any atom is -0.348 e. The summed E-state index contributed by atoms with van der Waals surface area (Å²) in [5, 5.41) is 2.77. The van der Waals surface area contributed by atoms with Crippen molar-refractivity contribution in [1.82, 2.24) is 14.9 Å². The van der Waals surface area contributed by atoms with E-state index in [-0.39, 0.29) is 5.91 Å². The Morgan fingerprint density at radius 2 is 2.28 bits per heavy atom. The molecule has 1 atom stereocenters. The van der Waals surface area contributed by atoms with E-state index in [9.17, 15) is 4.79 Å². The number of imidazole rings is 1. The quantitative estimate of drug-likeness (QED) is 0.843. The molecule has 2 rings (SSSR count). The summed E-state index contributed by atoms with van der Waals surface area (Å²) in [7, 11) is 1.95. The van der Waals surface area contributed by atoms with Crippen LogP contribution in [0.25, 0.3) is 11.0 Å². The number of nitrogens with two attached hydrogens (primary N) is 1. The number of carbonyl (C=O) groups is 1. The summed E-state index contributed by atoms with van der Waals surface area (Å²) in [6.07, 6.45) is 0. The number of carbonyl (C=O) groups excluding carboxylic acids is 1. The Morgan fingerprint density at radius 1 is 1.56 bits per heavy atom. The second kappa shape index (κ2) is 4.78. The van der Waals surface area contributed by atoms with Crippen LogP contribution < -0.4 is 11.1 Å². The largest absolute Gasteiger partial charge is 0.348 e. The molecule has 5 nitrogen and oxygen atoms in total. The molecule has 5 heteroatoms. The lowest BCUT2D eigenvalue weighted by Gasteiger charge is -2.07. The van der Waals surface area contributed by atoms with Gasteiger partial charge in [0.05, 0.1) is 23.6 Å². The van der Waals surface area contributed by atoms with Crippen LogP contribution in [0.5, 0.6) is 0 Å². The van der Waals surface area contributed by atoms with Gasteiger partial charge in [-0.2, -0.15) is 0 Å². The normalized spacial score (nSPS) is 12.7. The maximum Gasteiger partial charge on any atom is 0.237 e. The molecule has 0 saturated carbocycles. The number of aryl methyl sites for hydroxylation is 2. The Kier molecular flexibility index (Phi) is 3.34. The smallest absolute Gasteiger partial charge is 0.237 e. The van der Waals surface area contributed by atoms with Crippen molar-refractivity contribution in [2.24, 2.45) is 12.8 Å². The van der Waals surface area contributed by atoms with Crippen LogP contribution in [0.15, 0.2) is 18.2 Å². The molecule has 0 aliphatic rings. The van der Waals surface area contributed by atoms with Crippen molar-refractivity contribution in [2.75, 3.05) is 0 Å². The number of para-hydroxylation sites is 1. The van der Waals surface area contributed by atoms with Gasteiger partial charge in [-0.25, -0.2) is 4.98 Å². The molecular formula is C13H18N4O. The second-order valence-electron chi connectivity index (χ2n) is 4.54. The molecule has 0 radical (unpaired) electrons. The van der Waals surface area contributed by atoms with Crippen LogP contribution in [0.2, 0.25) is 0 Å². The number of amides is 1. The van der Waals surface area contributed by atoms with E-state index in [1.165, 1.54) is 5.56 Å². The van der Waals surface area contributed by atoms with Crippen molar-refractivity contribution >= 4 is 16.9 Å². The summed E-state index contributed by atoms with van der Waals surface area (Å²) in [5.74, 6) is 0.659. The SMILES string of the molecule is Cc1cccc2nc(CNC(=O)[C@@H](C)N)n(C)c12. The van der Waals surface area contributed by atoms with E-state index in [1.54, 1.807) is 6.92 Å². The molecule has 2 aromatic rings. The van der Waals surface area contributed by atoms with Crippen LogP contribution in [0, 0.1) is 6.92 Å². The number of benzene rings is 1. The van der Waals surface area contributed by atoms with Crippen LogP contribution in [0.4, 0.5) is 0 Å². The van der Waals surface area contributed by atoms with Crippen molar-refractivity contribution in [3.8, 4) is 0 Å². The predicted molar refractivity (Wildman–Crippen MR) is 70.9 cm³/mol. The van der Waals surface area contributed by atoms with Gasteiger partial charge in [0, 0.05) is 7.05 Å². The highest BCUT2D eigenvalue weighted by Gasteiger charge is 2.11. The van der Waals surface area contributed by atoms with Gasteiger partial charge in [0.25, 0.3) is 0 Å². The fourth-order valence-corrected chi connectivity index (χ4v) is 2.00. The first-order valence-electron chi connectivity index (χ1n) is 5.95. The minimum absolute atomic E-state index is 0.168. The molecule has 0 saturated heterocycles. The Balaban J connectivity index is 2.27. The van der Waals surface area contributed by atoms with Crippen LogP contribution in [0.1, 0.15) is 18.3 Å². The third-order valence-corrected chi connectivity index (χ3v) is 3.02. The summed E-state index contributed by atoms with van der Waals surface area (Å²) in [5.41, 5.74) is 8.72. The molecule has 0 unspecified atom stereocenters. The lowest BCUT2D eigenvalue weighted by Crippen LogP contribution is -2.38. The zero-order chi connectivity index (χ0) is 13.3. The minimum atomic E-state index is -0.499. The zero-order valence-corrected chi connectivity index (χ0v) is 10.9. The molecule has 0 spiro atoms. The highest BCUT2D eigenvalue weighted by atomic mass is 16.2. The first-order chi connectivity index (χ1) is 8.50. The first kappa shape index (κ1) is 12.6. The molecule has 3 N–H and O–H groups in total. The van der Waals surface area contributed by atoms with Crippen molar-refractivity contribution < 1.29 is 4.79 Å². The van der Waals surface area contributed by atoms with Gasteiger partial charge >= 0.3 is 0 Å². The maximum atomic E-state index is 11.4. The average molecular weight is 246 g/mol. The molecule has 96 valence electrons. The van der Waals surface area contributed by atoms with Gasteiger partial charge in [-0.15, -0.1) is 0 Å². The van der Waals surface area contributed by atoms with Gasteiger partial charge in [-0.05, 0) is 25.5 Å². The topological polar surface area (TPSA) is 72.9 Å². The van der Waals surface area contributed by atoms with Crippen LogP contribution in [-0.4, -0.2) is 21.5 Å². The molecule has 1 amide bonds. The fourth-order valence-electron chi connectivity index (χ4n) is 2.00. The number of aromatic nitrogens is 2. The molecule has 18 heavy (non-hydrogen) atoms. The molecule has 0 fully saturated rings. The fraction of sp³-hybridized carbons (Fsp3) is 0.385. The number of nitrogens with zero attached hydrogens (tertiary/aromatic N) is 2. The van der Waals surface area contributed by atoms with E-state index < -0.39 is 6.04 Å². The average Bonchev–Trinajstić information content (AvgIpc) is 2.64. The Hall–Kier alpha value is -1.88. The van der Waals surface area contributed by atoms with E-state index >= 15 is 0 Å². The molecule has 0 bridgehead atoms. The van der Waals surface area contributed by atoms with Crippen LogP contribution >= 0.6 is 0 Å². The zero-order valence-electron chi connectivity index (χ0n) is 10.9. The highest BCUT2D eigenvalue weighted by molar-refractivity contribution is 5.81. The van der Waals surface area contributed by atoms with Crippen LogP contribution in [0.3, 0.4) is 0 Å². The first-order valence-corrected chi connectivity index (χ1v) is 5.95. The number of hydrogen-bond acceptors (Lipinski definition) is 3. The number of fused-ring (bicyclic) bond motifs is 1. The molecule has 0 aliphatic heterocycles. The Bertz CT molecular complexity index is 586. The third kappa shape index (κ3) is 2.22. The second-order valence-corrected chi connectivity index (χ2v) is 4.54. The summed E-state index contributed by atoms with van der Waals surface area (Å²) in [6.45, 7) is 4.10. The Morgan fingerprint density at radius 3 is 2.89 bits per heavy atom. The van der Waals surface area contributed by atoms with Gasteiger partial charge in [-0.1, -0.05) is 12.1 Å². The van der Waals surface area contributed by atoms with Crippen molar-refractivity contribution in [3.63, 3.8) is 0 Å². The number of hydrogen-bond donors (Lipinski definition) is 2. The molecule has 1 heterocycles. The van der Waals surface area contributed by atoms with Gasteiger partial charge in [-0.3, -0.25) is 4.79 Å². The number of rotatable bonds is 3. The number of nitrogens with one attached hydrogen (secondary N) is 1. The lowest BCUT2D eigenvalue weighted by atomic mass is 10.2. The van der Waals surface area contributed by atoms with Gasteiger partial charge in [0.2, 0.25) is 5.91 Å². The summed E-state index contributed by atoms with van der Waals surface area (Å²) in [4.78, 5) is 15.9. The van der Waals surface area contributed by atoms with E-state index in [0.717, 1.165) is 16.9 Å². The van der Waals surface area contributed by atoms with Crippen molar-refractivity contribution in [3.05, 3.63) is 29.6 Å². The van der Waals surface area contributed by atoms with Gasteiger partial charge in [0.1, 0.15) is 5.82 Å². The predicted octanol–water partition coefficient (Wildman–Crippen LogP) is 0.845. The highest BCUT2D eigenvalue weighted by Crippen LogP contribution is 2.18. The third-order valence-electron chi connectivity index (χ3n) is 3.02. The molecule has 1 aromatic heterocycles. The molecule has 0 aliphatic carbocycles. The van der Waals surface area contributed by atoms with E-state index in [4.69, 9.17) is 5.73 Å². The van der Waals surface area contributed by atoms with E-state index in [2.05, 4.69) is 10.3 Å². The van der Waals surface area contributed by atoms with Gasteiger partial charge < -0.3 is 15.6 Å². The maximum absolute atomic E-state index is 11.4. The Labute approximate surface area is 106 Å². The summed E-state index contributed by atoms with van der Waals surface area (Å²) < 4.78 is 2.01. The summed E-state index contributed by atoms with van der Waals surface area (Å²) in [6, 6.07) is 5.50. The van der Waals surface area contributed by atoms with E-state index in [0.29, 0.717) is 6.54 Å². The van der Waals surface area contributed by atoms with Crippen LogP contribution in [-0.2, 0) is 18.4 Å². The molecular weight excluding hydrogens is 228 g/mol. The van der Waals surface area contributed by atoms with E-state index in [1.807, 2.05) is 36.7 Å². The lowest BCUT2D eigenvalue weighted by molar-refractivity contribution is -0.122. The standard InChI is InChI=1S/C13H18N4O/c1-8-5-4-6-10-12(8)17(3)11(16-10)7-15-13(18)9(2)14/h4-6,9H,7,14H2,1-3H3,(H,15,18)/t9-/m1/s1.